The summed E-state index contributed by atoms with van der Waals surface area (Å²) < 4.78 is 1.83. The molecule has 2 aromatic rings. The molecule has 1 aromatic heterocycles. The maximum absolute atomic E-state index is 12.1. The van der Waals surface area contributed by atoms with Crippen LogP contribution in [0.15, 0.2) is 42.2 Å². The minimum atomic E-state index is -0.523. The van der Waals surface area contributed by atoms with Crippen molar-refractivity contribution in [1.29, 1.82) is 5.26 Å². The zero-order valence-corrected chi connectivity index (χ0v) is 12.6. The van der Waals surface area contributed by atoms with Crippen molar-refractivity contribution in [1.82, 2.24) is 4.57 Å². The van der Waals surface area contributed by atoms with Gasteiger partial charge in [0.05, 0.1) is 10.7 Å². The highest BCUT2D eigenvalue weighted by atomic mass is 35.5. The monoisotopic (exact) mass is 319 g/mol. The summed E-state index contributed by atoms with van der Waals surface area (Å²) in [7, 11) is 1.86. The van der Waals surface area contributed by atoms with Crippen molar-refractivity contribution < 1.29 is 4.79 Å². The fraction of sp³-hybridized carbons (Fsp3) is 0.0667. The first-order valence-corrected chi connectivity index (χ1v) is 6.75. The third-order valence-electron chi connectivity index (χ3n) is 2.71. The van der Waals surface area contributed by atoms with Gasteiger partial charge in [-0.3, -0.25) is 4.79 Å². The molecule has 1 N–H and O–H groups in total. The number of benzene rings is 1. The van der Waals surface area contributed by atoms with Crippen LogP contribution in [0.1, 0.15) is 5.56 Å². The van der Waals surface area contributed by atoms with Crippen LogP contribution in [0.4, 0.5) is 5.69 Å². The lowest BCUT2D eigenvalue weighted by atomic mass is 10.2. The summed E-state index contributed by atoms with van der Waals surface area (Å²) in [5, 5.41) is 12.5. The number of carbonyl (C=O) groups is 1. The lowest BCUT2D eigenvalue weighted by Gasteiger charge is -2.06. The zero-order chi connectivity index (χ0) is 15.4. The summed E-state index contributed by atoms with van der Waals surface area (Å²) in [4.78, 5) is 12.1. The first-order chi connectivity index (χ1) is 9.99. The van der Waals surface area contributed by atoms with Crippen LogP contribution in [0.2, 0.25) is 10.0 Å². The molecule has 0 aliphatic carbocycles. The van der Waals surface area contributed by atoms with Gasteiger partial charge in [-0.1, -0.05) is 23.2 Å². The lowest BCUT2D eigenvalue weighted by molar-refractivity contribution is -0.112. The van der Waals surface area contributed by atoms with Gasteiger partial charge in [-0.25, -0.2) is 0 Å². The summed E-state index contributed by atoms with van der Waals surface area (Å²) in [5.41, 5.74) is 1.17. The van der Waals surface area contributed by atoms with Gasteiger partial charge in [0.1, 0.15) is 11.6 Å². The van der Waals surface area contributed by atoms with Crippen molar-refractivity contribution in [2.24, 2.45) is 7.05 Å². The van der Waals surface area contributed by atoms with E-state index >= 15 is 0 Å². The molecule has 1 heterocycles. The quantitative estimate of drug-likeness (QED) is 0.689. The van der Waals surface area contributed by atoms with E-state index in [-0.39, 0.29) is 5.57 Å². The first kappa shape index (κ1) is 15.2. The second-order valence-corrected chi connectivity index (χ2v) is 5.20. The average Bonchev–Trinajstić information content (AvgIpc) is 2.84. The Morgan fingerprint density at radius 2 is 2.14 bits per heavy atom. The molecule has 0 spiro atoms. The number of rotatable bonds is 3. The number of nitriles is 1. The number of carbonyl (C=O) groups excluding carboxylic acids is 1. The molecule has 106 valence electrons. The Hall–Kier alpha value is -2.22. The van der Waals surface area contributed by atoms with Crippen LogP contribution in [0.5, 0.6) is 0 Å². The predicted octanol–water partition coefficient (Wildman–Crippen LogP) is 3.88. The lowest BCUT2D eigenvalue weighted by Crippen LogP contribution is -2.13. The number of aryl methyl sites for hydroxylation is 1. The summed E-state index contributed by atoms with van der Waals surface area (Å²) in [5.74, 6) is -0.523. The van der Waals surface area contributed by atoms with Crippen molar-refractivity contribution in [2.45, 2.75) is 0 Å². The van der Waals surface area contributed by atoms with E-state index in [0.29, 0.717) is 15.7 Å². The van der Waals surface area contributed by atoms with Crippen LogP contribution in [0.25, 0.3) is 6.08 Å². The molecule has 4 nitrogen and oxygen atoms in total. The number of hydrogen-bond donors (Lipinski definition) is 1. The topological polar surface area (TPSA) is 57.8 Å². The van der Waals surface area contributed by atoms with E-state index in [1.165, 1.54) is 12.1 Å². The van der Waals surface area contributed by atoms with E-state index in [1.807, 2.05) is 23.9 Å². The molecule has 0 saturated carbocycles. The number of aromatic nitrogens is 1. The number of hydrogen-bond acceptors (Lipinski definition) is 2. The molecule has 0 atom stereocenters. The number of nitrogens with zero attached hydrogens (tertiary/aromatic N) is 2. The predicted molar refractivity (Wildman–Crippen MR) is 84.1 cm³/mol. The summed E-state index contributed by atoms with van der Waals surface area (Å²) >= 11 is 11.8. The van der Waals surface area contributed by atoms with Crippen LogP contribution in [-0.4, -0.2) is 10.5 Å². The van der Waals surface area contributed by atoms with Crippen molar-refractivity contribution in [2.75, 3.05) is 5.32 Å². The highest BCUT2D eigenvalue weighted by molar-refractivity contribution is 6.36. The largest absolute Gasteiger partial charge is 0.357 e. The molecule has 0 fully saturated rings. The zero-order valence-electron chi connectivity index (χ0n) is 11.1. The normalized spacial score (nSPS) is 11.0. The third kappa shape index (κ3) is 3.88. The van der Waals surface area contributed by atoms with Gasteiger partial charge in [0.15, 0.2) is 0 Å². The maximum atomic E-state index is 12.1. The first-order valence-electron chi connectivity index (χ1n) is 6.00. The Bertz CT molecular complexity index is 757. The summed E-state index contributed by atoms with van der Waals surface area (Å²) in [6.45, 7) is 0. The molecule has 2 rings (SSSR count). The minimum absolute atomic E-state index is 0.00721. The standard InChI is InChI=1S/C15H11Cl2N3O/c1-20-5-4-10(9-20)6-11(8-18)15(21)19-14-3-2-12(16)7-13(14)17/h2-7,9H,1H3,(H,19,21)/b11-6+. The van der Waals surface area contributed by atoms with Crippen molar-refractivity contribution in [3.05, 3.63) is 57.8 Å². The Balaban J connectivity index is 2.21. The fourth-order valence-electron chi connectivity index (χ4n) is 1.71. The van der Waals surface area contributed by atoms with E-state index in [0.717, 1.165) is 5.56 Å². The molecule has 0 unspecified atom stereocenters. The number of amides is 1. The fourth-order valence-corrected chi connectivity index (χ4v) is 2.16. The molecule has 1 amide bonds. The molecule has 0 bridgehead atoms. The van der Waals surface area contributed by atoms with Crippen molar-refractivity contribution >= 4 is 40.9 Å². The van der Waals surface area contributed by atoms with Crippen LogP contribution in [-0.2, 0) is 11.8 Å². The number of anilines is 1. The van der Waals surface area contributed by atoms with E-state index in [1.54, 1.807) is 24.4 Å². The Kier molecular flexibility index (Phi) is 4.69. The molecular formula is C15H11Cl2N3O. The molecule has 0 aliphatic rings. The van der Waals surface area contributed by atoms with Crippen LogP contribution in [0.3, 0.4) is 0 Å². The van der Waals surface area contributed by atoms with Crippen LogP contribution >= 0.6 is 23.2 Å². The molecule has 0 aliphatic heterocycles. The molecule has 0 saturated heterocycles. The number of halogens is 2. The maximum Gasteiger partial charge on any atom is 0.266 e. The van der Waals surface area contributed by atoms with E-state index < -0.39 is 5.91 Å². The van der Waals surface area contributed by atoms with Gasteiger partial charge in [-0.15, -0.1) is 0 Å². The Morgan fingerprint density at radius 1 is 1.38 bits per heavy atom. The Labute approximate surface area is 132 Å². The van der Waals surface area contributed by atoms with Gasteiger partial charge in [0, 0.05) is 24.5 Å². The van der Waals surface area contributed by atoms with Gasteiger partial charge in [0.2, 0.25) is 0 Å². The molecule has 0 radical (unpaired) electrons. The smallest absolute Gasteiger partial charge is 0.266 e. The van der Waals surface area contributed by atoms with Gasteiger partial charge in [-0.2, -0.15) is 5.26 Å². The third-order valence-corrected chi connectivity index (χ3v) is 3.26. The van der Waals surface area contributed by atoms with E-state index in [4.69, 9.17) is 28.5 Å². The highest BCUT2D eigenvalue weighted by Gasteiger charge is 2.11. The number of nitrogens with one attached hydrogen (secondary N) is 1. The van der Waals surface area contributed by atoms with Gasteiger partial charge < -0.3 is 9.88 Å². The van der Waals surface area contributed by atoms with E-state index in [9.17, 15) is 4.79 Å². The van der Waals surface area contributed by atoms with E-state index in [2.05, 4.69) is 5.32 Å². The Morgan fingerprint density at radius 3 is 2.71 bits per heavy atom. The SMILES string of the molecule is Cn1ccc(/C=C(\C#N)C(=O)Nc2ccc(Cl)cc2Cl)c1. The second-order valence-electron chi connectivity index (χ2n) is 4.36. The minimum Gasteiger partial charge on any atom is -0.357 e. The second kappa shape index (κ2) is 6.49. The van der Waals surface area contributed by atoms with Crippen LogP contribution < -0.4 is 5.32 Å². The molecular weight excluding hydrogens is 309 g/mol. The van der Waals surface area contributed by atoms with Crippen molar-refractivity contribution in [3.8, 4) is 6.07 Å². The molecule has 6 heteroatoms. The highest BCUT2D eigenvalue weighted by Crippen LogP contribution is 2.25. The summed E-state index contributed by atoms with van der Waals surface area (Å²) in [6, 6.07) is 8.40. The molecule has 21 heavy (non-hydrogen) atoms. The van der Waals surface area contributed by atoms with Crippen LogP contribution in [0, 0.1) is 11.3 Å². The van der Waals surface area contributed by atoms with Gasteiger partial charge in [0.25, 0.3) is 5.91 Å². The summed E-state index contributed by atoms with van der Waals surface area (Å²) in [6.07, 6.45) is 5.15. The van der Waals surface area contributed by atoms with Gasteiger partial charge in [-0.05, 0) is 35.9 Å². The molecule has 1 aromatic carbocycles. The van der Waals surface area contributed by atoms with Gasteiger partial charge >= 0.3 is 0 Å². The van der Waals surface area contributed by atoms with Crippen molar-refractivity contribution in [3.63, 3.8) is 0 Å². The average molecular weight is 320 g/mol.